The summed E-state index contributed by atoms with van der Waals surface area (Å²) in [6, 6.07) is 10.6. The number of rotatable bonds is 3. The van der Waals surface area contributed by atoms with Gasteiger partial charge in [0.25, 0.3) is 0 Å². The third-order valence-corrected chi connectivity index (χ3v) is 4.99. The predicted octanol–water partition coefficient (Wildman–Crippen LogP) is 1.64. The molecule has 1 aromatic carbocycles. The lowest BCUT2D eigenvalue weighted by atomic mass is 9.94. The number of nitrogens with zero attached hydrogens (tertiary/aromatic N) is 2. The fourth-order valence-corrected chi connectivity index (χ4v) is 3.41. The molecule has 2 aliphatic heterocycles. The van der Waals surface area contributed by atoms with Gasteiger partial charge in [0.15, 0.2) is 0 Å². The molecule has 2 amide bonds. The molecule has 0 spiro atoms. The molecule has 5 nitrogen and oxygen atoms in total. The maximum Gasteiger partial charge on any atom is 0.223 e. The number of hydrogen-bond donors (Lipinski definition) is 1. The Bertz CT molecular complexity index is 553. The van der Waals surface area contributed by atoms with Gasteiger partial charge in [-0.25, -0.2) is 0 Å². The lowest BCUT2D eigenvalue weighted by Crippen LogP contribution is -2.48. The first-order valence-corrected chi connectivity index (χ1v) is 8.48. The quantitative estimate of drug-likeness (QED) is 0.922. The monoisotopic (exact) mass is 315 g/mol. The largest absolute Gasteiger partial charge is 0.371 e. The van der Waals surface area contributed by atoms with Gasteiger partial charge in [-0.3, -0.25) is 9.59 Å². The second-order valence-corrected chi connectivity index (χ2v) is 6.61. The maximum atomic E-state index is 12.4. The molecule has 3 rings (SSSR count). The summed E-state index contributed by atoms with van der Waals surface area (Å²) in [5.41, 5.74) is 1.25. The molecule has 23 heavy (non-hydrogen) atoms. The molecule has 0 radical (unpaired) electrons. The van der Waals surface area contributed by atoms with E-state index in [9.17, 15) is 9.59 Å². The van der Waals surface area contributed by atoms with Crippen LogP contribution in [0.3, 0.4) is 0 Å². The molecule has 2 heterocycles. The van der Waals surface area contributed by atoms with Gasteiger partial charge < -0.3 is 15.1 Å². The summed E-state index contributed by atoms with van der Waals surface area (Å²) in [5.74, 6) is -0.00855. The first-order chi connectivity index (χ1) is 11.1. The molecule has 1 N–H and O–H groups in total. The Balaban J connectivity index is 1.47. The molecule has 5 heteroatoms. The van der Waals surface area contributed by atoms with E-state index in [4.69, 9.17) is 0 Å². The van der Waals surface area contributed by atoms with Gasteiger partial charge in [-0.2, -0.15) is 0 Å². The van der Waals surface area contributed by atoms with Gasteiger partial charge in [-0.05, 0) is 31.4 Å². The predicted molar refractivity (Wildman–Crippen MR) is 90.2 cm³/mol. The van der Waals surface area contributed by atoms with Crippen LogP contribution in [0.25, 0.3) is 0 Å². The molecular formula is C18H25N3O2. The van der Waals surface area contributed by atoms with Crippen molar-refractivity contribution in [1.82, 2.24) is 10.2 Å². The summed E-state index contributed by atoms with van der Waals surface area (Å²) in [6.45, 7) is 2.60. The van der Waals surface area contributed by atoms with Gasteiger partial charge in [0, 0.05) is 50.7 Å². The Kier molecular flexibility index (Phi) is 4.84. The van der Waals surface area contributed by atoms with Crippen molar-refractivity contribution in [2.45, 2.75) is 31.7 Å². The summed E-state index contributed by atoms with van der Waals surface area (Å²) in [6.07, 6.45) is 3.05. The fraction of sp³-hybridized carbons (Fsp3) is 0.556. The van der Waals surface area contributed by atoms with Gasteiger partial charge in [0.05, 0.1) is 0 Å². The Morgan fingerprint density at radius 2 is 1.78 bits per heavy atom. The summed E-state index contributed by atoms with van der Waals surface area (Å²) in [5, 5.41) is 3.16. The van der Waals surface area contributed by atoms with Crippen LogP contribution in [0.1, 0.15) is 25.7 Å². The Labute approximate surface area is 137 Å². The zero-order valence-corrected chi connectivity index (χ0v) is 13.7. The number of nitrogens with one attached hydrogen (secondary N) is 1. The molecule has 0 aromatic heterocycles. The Morgan fingerprint density at radius 3 is 2.43 bits per heavy atom. The van der Waals surface area contributed by atoms with Crippen LogP contribution in [0.5, 0.6) is 0 Å². The van der Waals surface area contributed by atoms with Crippen LogP contribution >= 0.6 is 0 Å². The number of carbonyl (C=O) groups is 2. The summed E-state index contributed by atoms with van der Waals surface area (Å²) in [4.78, 5) is 28.2. The average molecular weight is 315 g/mol. The maximum absolute atomic E-state index is 12.4. The van der Waals surface area contributed by atoms with Gasteiger partial charge in [0.2, 0.25) is 11.8 Å². The third kappa shape index (κ3) is 3.84. The van der Waals surface area contributed by atoms with Crippen LogP contribution < -0.4 is 10.2 Å². The third-order valence-electron chi connectivity index (χ3n) is 4.99. The molecule has 1 aromatic rings. The summed E-state index contributed by atoms with van der Waals surface area (Å²) >= 11 is 0. The van der Waals surface area contributed by atoms with Gasteiger partial charge in [-0.1, -0.05) is 18.2 Å². The topological polar surface area (TPSA) is 52.7 Å². The minimum atomic E-state index is -0.147. The second-order valence-electron chi connectivity index (χ2n) is 6.61. The van der Waals surface area contributed by atoms with Crippen molar-refractivity contribution in [3.05, 3.63) is 30.3 Å². The van der Waals surface area contributed by atoms with E-state index in [1.807, 2.05) is 6.07 Å². The van der Waals surface area contributed by atoms with Gasteiger partial charge >= 0.3 is 0 Å². The van der Waals surface area contributed by atoms with Crippen molar-refractivity contribution in [3.8, 4) is 0 Å². The van der Waals surface area contributed by atoms with E-state index in [0.29, 0.717) is 13.0 Å². The number of para-hydroxylation sites is 1. The number of carbonyl (C=O) groups excluding carboxylic acids is 2. The molecule has 2 aliphatic rings. The van der Waals surface area contributed by atoms with Crippen LogP contribution in [0.2, 0.25) is 0 Å². The van der Waals surface area contributed by atoms with E-state index >= 15 is 0 Å². The smallest absolute Gasteiger partial charge is 0.223 e. The van der Waals surface area contributed by atoms with Crippen molar-refractivity contribution < 1.29 is 9.59 Å². The van der Waals surface area contributed by atoms with E-state index in [1.54, 1.807) is 11.9 Å². The highest BCUT2D eigenvalue weighted by Gasteiger charge is 2.30. The normalized spacial score (nSPS) is 23.0. The molecule has 1 unspecified atom stereocenters. The van der Waals surface area contributed by atoms with E-state index < -0.39 is 0 Å². The number of piperidine rings is 2. The number of amides is 2. The first-order valence-electron chi connectivity index (χ1n) is 8.48. The van der Waals surface area contributed by atoms with Crippen molar-refractivity contribution in [2.24, 2.45) is 5.92 Å². The molecule has 2 saturated heterocycles. The lowest BCUT2D eigenvalue weighted by Gasteiger charge is -2.35. The molecule has 0 saturated carbocycles. The van der Waals surface area contributed by atoms with Crippen LogP contribution in [0, 0.1) is 5.92 Å². The van der Waals surface area contributed by atoms with E-state index in [0.717, 1.165) is 32.4 Å². The van der Waals surface area contributed by atoms with Crippen LogP contribution in [-0.4, -0.2) is 49.4 Å². The van der Waals surface area contributed by atoms with Crippen molar-refractivity contribution in [1.29, 1.82) is 0 Å². The van der Waals surface area contributed by atoms with Gasteiger partial charge in [0.1, 0.15) is 0 Å². The molecule has 2 fully saturated rings. The van der Waals surface area contributed by atoms with Crippen LogP contribution in [0.4, 0.5) is 5.69 Å². The number of benzene rings is 1. The number of anilines is 1. The molecule has 1 atom stereocenters. The summed E-state index contributed by atoms with van der Waals surface area (Å²) in [7, 11) is 1.80. The standard InChI is InChI=1S/C18H25N3O2/c1-20-10-7-14(13-17(20)22)18(23)19-15-8-11-21(12-9-15)16-5-3-2-4-6-16/h2-6,14-15H,7-13H2,1H3,(H,19,23). The molecular weight excluding hydrogens is 290 g/mol. The van der Waals surface area contributed by atoms with Crippen molar-refractivity contribution >= 4 is 17.5 Å². The van der Waals surface area contributed by atoms with Crippen LogP contribution in [-0.2, 0) is 9.59 Å². The average Bonchev–Trinajstić information content (AvgIpc) is 2.59. The minimum Gasteiger partial charge on any atom is -0.371 e. The summed E-state index contributed by atoms with van der Waals surface area (Å²) < 4.78 is 0. The lowest BCUT2D eigenvalue weighted by molar-refractivity contribution is -0.139. The van der Waals surface area contributed by atoms with E-state index in [-0.39, 0.29) is 23.8 Å². The molecule has 124 valence electrons. The number of likely N-dealkylation sites (tertiary alicyclic amines) is 1. The van der Waals surface area contributed by atoms with Crippen molar-refractivity contribution in [2.75, 3.05) is 31.6 Å². The number of hydrogen-bond acceptors (Lipinski definition) is 3. The second kappa shape index (κ2) is 7.02. The highest BCUT2D eigenvalue weighted by atomic mass is 16.2. The van der Waals surface area contributed by atoms with E-state index in [2.05, 4.69) is 34.5 Å². The SMILES string of the molecule is CN1CCC(C(=O)NC2CCN(c3ccccc3)CC2)CC1=O. The van der Waals surface area contributed by atoms with E-state index in [1.165, 1.54) is 5.69 Å². The highest BCUT2D eigenvalue weighted by Crippen LogP contribution is 2.21. The molecule has 0 aliphatic carbocycles. The zero-order chi connectivity index (χ0) is 16.2. The zero-order valence-electron chi connectivity index (χ0n) is 13.7. The van der Waals surface area contributed by atoms with Crippen LogP contribution in [0.15, 0.2) is 30.3 Å². The Morgan fingerprint density at radius 1 is 1.09 bits per heavy atom. The Hall–Kier alpha value is -2.04. The fourth-order valence-electron chi connectivity index (χ4n) is 3.41. The van der Waals surface area contributed by atoms with Gasteiger partial charge in [-0.15, -0.1) is 0 Å². The van der Waals surface area contributed by atoms with Crippen molar-refractivity contribution in [3.63, 3.8) is 0 Å². The first kappa shape index (κ1) is 15.8. The minimum absolute atomic E-state index is 0.0598. The molecule has 0 bridgehead atoms. The highest BCUT2D eigenvalue weighted by molar-refractivity contribution is 5.87.